The van der Waals surface area contributed by atoms with Crippen molar-refractivity contribution in [2.45, 2.75) is 123 Å². The minimum atomic E-state index is -2.43. The lowest BCUT2D eigenvalue weighted by atomic mass is 9.95. The number of aliphatic hydroxyl groups excluding tert-OH is 10. The number of carboxylic acid groups (broad SMARTS) is 4. The van der Waals surface area contributed by atoms with E-state index in [-0.39, 0.29) is 0 Å². The van der Waals surface area contributed by atoms with Crippen LogP contribution in [0.3, 0.4) is 0 Å². The number of aliphatic carboxylic acids is 4. The molecule has 0 aromatic carbocycles. The molecule has 0 aliphatic carbocycles. The molecule has 0 aromatic rings. The largest absolute Gasteiger partial charge is 0.479 e. The van der Waals surface area contributed by atoms with Crippen LogP contribution in [0.15, 0.2) is 0 Å². The first kappa shape index (κ1) is 39.0. The number of aliphatic hydroxyl groups is 10. The third-order valence-electron chi connectivity index (χ3n) is 8.07. The highest BCUT2D eigenvalue weighted by Crippen LogP contribution is 2.34. The molecule has 4 fully saturated rings. The monoisotopic (exact) mass is 722 g/mol. The molecule has 4 rings (SSSR count). The van der Waals surface area contributed by atoms with Crippen molar-refractivity contribution >= 4 is 23.9 Å². The number of hydrogen-bond acceptors (Lipinski definition) is 21. The van der Waals surface area contributed by atoms with Gasteiger partial charge in [-0.05, 0) is 0 Å². The maximum absolute atomic E-state index is 12.1. The Morgan fingerprint density at radius 3 is 0.980 bits per heavy atom. The summed E-state index contributed by atoms with van der Waals surface area (Å²) in [5, 5.41) is 141. The molecule has 0 radical (unpaired) electrons. The Kier molecular flexibility index (Phi) is 12.1. The van der Waals surface area contributed by atoms with E-state index in [1.807, 2.05) is 0 Å². The zero-order valence-electron chi connectivity index (χ0n) is 24.3. The average molecular weight is 723 g/mol. The van der Waals surface area contributed by atoms with Crippen LogP contribution in [0.25, 0.3) is 0 Å². The predicted molar refractivity (Wildman–Crippen MR) is 136 cm³/mol. The van der Waals surface area contributed by atoms with Gasteiger partial charge in [-0.15, -0.1) is 0 Å². The molecule has 25 nitrogen and oxygen atoms in total. The molecule has 20 atom stereocenters. The van der Waals surface area contributed by atoms with Gasteiger partial charge < -0.3 is 105 Å². The molecule has 25 heteroatoms. The zero-order valence-corrected chi connectivity index (χ0v) is 24.3. The quantitative estimate of drug-likeness (QED) is 0.0995. The lowest BCUT2D eigenvalue weighted by Gasteiger charge is -2.47. The van der Waals surface area contributed by atoms with Crippen LogP contribution in [-0.2, 0) is 52.3 Å². The van der Waals surface area contributed by atoms with Gasteiger partial charge in [-0.3, -0.25) is 0 Å². The highest BCUT2D eigenvalue weighted by atomic mass is 16.8. The van der Waals surface area contributed by atoms with Gasteiger partial charge >= 0.3 is 23.9 Å². The van der Waals surface area contributed by atoms with Crippen LogP contribution in [0.2, 0.25) is 0 Å². The van der Waals surface area contributed by atoms with Gasteiger partial charge in [0.1, 0.15) is 73.2 Å². The Balaban J connectivity index is 1.51. The first-order valence-corrected chi connectivity index (χ1v) is 14.1. The molecule has 4 aliphatic rings. The van der Waals surface area contributed by atoms with Crippen molar-refractivity contribution < 1.29 is 124 Å². The van der Waals surface area contributed by atoms with Gasteiger partial charge in [-0.2, -0.15) is 0 Å². The minimum absolute atomic E-state index is 1.84. The van der Waals surface area contributed by atoms with E-state index >= 15 is 0 Å². The van der Waals surface area contributed by atoms with Gasteiger partial charge in [0.05, 0.1) is 0 Å². The summed E-state index contributed by atoms with van der Waals surface area (Å²) in [6, 6.07) is 0. The first-order valence-electron chi connectivity index (χ1n) is 14.1. The van der Waals surface area contributed by atoms with Crippen molar-refractivity contribution in [1.29, 1.82) is 0 Å². The summed E-state index contributed by atoms with van der Waals surface area (Å²) < 4.78 is 35.3. The lowest BCUT2D eigenvalue weighted by molar-refractivity contribution is -0.378. The smallest absolute Gasteiger partial charge is 0.335 e. The number of ether oxygens (including phenoxy) is 7. The van der Waals surface area contributed by atoms with Crippen molar-refractivity contribution in [3.05, 3.63) is 0 Å². The maximum Gasteiger partial charge on any atom is 0.335 e. The van der Waals surface area contributed by atoms with Crippen molar-refractivity contribution in [3.8, 4) is 0 Å². The summed E-state index contributed by atoms with van der Waals surface area (Å²) in [6.07, 6.45) is -45.8. The summed E-state index contributed by atoms with van der Waals surface area (Å²) in [7, 11) is 0. The molecule has 4 heterocycles. The molecule has 4 aliphatic heterocycles. The Morgan fingerprint density at radius 1 is 0.347 bits per heavy atom. The standard InChI is InChI=1S/C24H34O25/c25-1-2(26)13(17(34)35)47-22(7(1)31)45-11-4(28)9(33)24(49-15(11)19(38)39)46-12-5(29)8(32)23(48-16(12)20(40)41)44-10-3(27)6(30)21(42)43-14(10)18(36)37/h1-16,21-33,42H,(H,34,35)(H,36,37)(H,38,39)(H,40,41)/t1?,2?,3?,4?,5?,6?,7?,8?,9?,10?,11?,12?,13?,14-,15-,16?,21?,22?,23?,24?/m1/s1. The van der Waals surface area contributed by atoms with E-state index in [0.29, 0.717) is 0 Å². The summed E-state index contributed by atoms with van der Waals surface area (Å²) in [6.45, 7) is 0. The highest BCUT2D eigenvalue weighted by Gasteiger charge is 2.58. The van der Waals surface area contributed by atoms with Gasteiger partial charge in [0.25, 0.3) is 0 Å². The second-order valence-electron chi connectivity index (χ2n) is 11.3. The molecule has 4 saturated heterocycles. The second kappa shape index (κ2) is 15.2. The Hall–Kier alpha value is -2.80. The number of carboxylic acids is 4. The topological polar surface area (TPSA) is 416 Å². The summed E-state index contributed by atoms with van der Waals surface area (Å²) >= 11 is 0. The van der Waals surface area contributed by atoms with Crippen molar-refractivity contribution in [1.82, 2.24) is 0 Å². The molecule has 280 valence electrons. The Bertz CT molecular complexity index is 1220. The van der Waals surface area contributed by atoms with Crippen LogP contribution in [-0.4, -0.2) is 218 Å². The average Bonchev–Trinajstić information content (AvgIpc) is 3.03. The normalized spacial score (nSPS) is 49.2. The van der Waals surface area contributed by atoms with Crippen molar-refractivity contribution in [3.63, 3.8) is 0 Å². The van der Waals surface area contributed by atoms with Gasteiger partial charge in [-0.25, -0.2) is 19.2 Å². The lowest BCUT2D eigenvalue weighted by Crippen LogP contribution is -2.68. The van der Waals surface area contributed by atoms with Gasteiger partial charge in [-0.1, -0.05) is 0 Å². The van der Waals surface area contributed by atoms with Crippen molar-refractivity contribution in [2.75, 3.05) is 0 Å². The van der Waals surface area contributed by atoms with E-state index < -0.39 is 147 Å². The van der Waals surface area contributed by atoms with Crippen molar-refractivity contribution in [2.24, 2.45) is 0 Å². The van der Waals surface area contributed by atoms with Gasteiger partial charge in [0, 0.05) is 0 Å². The van der Waals surface area contributed by atoms with Crippen LogP contribution in [0.5, 0.6) is 0 Å². The van der Waals surface area contributed by atoms with E-state index in [4.69, 9.17) is 28.4 Å². The second-order valence-corrected chi connectivity index (χ2v) is 11.3. The summed E-state index contributed by atoms with van der Waals surface area (Å²) in [5.74, 6) is -7.64. The molecule has 0 amide bonds. The predicted octanol–water partition coefficient (Wildman–Crippen LogP) is -9.38. The fraction of sp³-hybridized carbons (Fsp3) is 0.833. The third kappa shape index (κ3) is 7.62. The molecule has 0 saturated carbocycles. The van der Waals surface area contributed by atoms with Gasteiger partial charge in [0.15, 0.2) is 49.6 Å². The van der Waals surface area contributed by atoms with Crippen LogP contribution >= 0.6 is 0 Å². The zero-order chi connectivity index (χ0) is 36.8. The number of hydrogen-bond donors (Lipinski definition) is 14. The summed E-state index contributed by atoms with van der Waals surface area (Å²) in [4.78, 5) is 47.1. The molecule has 0 spiro atoms. The number of carbonyl (C=O) groups is 4. The SMILES string of the molecule is O=C(O)C1OC(OC2C(O)C(O)C(OC3C(C(=O)O)OC(OC4C(O)C(O)C(O)O[C@H]4C(=O)O)C(O)C3O)O[C@H]2C(=O)O)C(O)C(O)C1O. The fourth-order valence-corrected chi connectivity index (χ4v) is 5.43. The van der Waals surface area contributed by atoms with E-state index in [2.05, 4.69) is 4.74 Å². The van der Waals surface area contributed by atoms with E-state index in [9.17, 15) is 90.7 Å². The summed E-state index contributed by atoms with van der Waals surface area (Å²) in [5.41, 5.74) is 0. The third-order valence-corrected chi connectivity index (χ3v) is 8.07. The van der Waals surface area contributed by atoms with Gasteiger partial charge in [0.2, 0.25) is 0 Å². The maximum atomic E-state index is 12.1. The van der Waals surface area contributed by atoms with E-state index in [0.717, 1.165) is 0 Å². The molecule has 18 unspecified atom stereocenters. The van der Waals surface area contributed by atoms with E-state index in [1.54, 1.807) is 0 Å². The van der Waals surface area contributed by atoms with E-state index in [1.165, 1.54) is 0 Å². The number of rotatable bonds is 10. The molecule has 49 heavy (non-hydrogen) atoms. The Labute approximate surface area is 271 Å². The Morgan fingerprint density at radius 2 is 0.633 bits per heavy atom. The molecule has 0 aromatic heterocycles. The minimum Gasteiger partial charge on any atom is -0.479 e. The first-order chi connectivity index (χ1) is 22.8. The molecular formula is C24H34O25. The highest BCUT2D eigenvalue weighted by molar-refractivity contribution is 5.75. The molecular weight excluding hydrogens is 688 g/mol. The molecule has 14 N–H and O–H groups in total. The fourth-order valence-electron chi connectivity index (χ4n) is 5.43. The van der Waals surface area contributed by atoms with Crippen LogP contribution < -0.4 is 0 Å². The van der Waals surface area contributed by atoms with Crippen LogP contribution in [0.4, 0.5) is 0 Å². The van der Waals surface area contributed by atoms with Crippen LogP contribution in [0, 0.1) is 0 Å². The van der Waals surface area contributed by atoms with Crippen LogP contribution in [0.1, 0.15) is 0 Å². The molecule has 0 bridgehead atoms.